The number of carbonyl (C=O) groups excluding carboxylic acids is 1. The molecular formula is C21H24N2OS. The zero-order valence-electron chi connectivity index (χ0n) is 14.7. The van der Waals surface area contributed by atoms with Crippen molar-refractivity contribution in [2.75, 3.05) is 6.54 Å². The zero-order chi connectivity index (χ0) is 17.9. The summed E-state index contributed by atoms with van der Waals surface area (Å²) in [6.07, 6.45) is 15.7. The first-order chi connectivity index (χ1) is 12.3. The van der Waals surface area contributed by atoms with Crippen molar-refractivity contribution in [3.8, 4) is 10.4 Å². The van der Waals surface area contributed by atoms with Gasteiger partial charge in [0, 0.05) is 23.8 Å². The molecule has 4 heteroatoms. The lowest BCUT2D eigenvalue weighted by molar-refractivity contribution is 0.0958. The van der Waals surface area contributed by atoms with E-state index >= 15 is 0 Å². The van der Waals surface area contributed by atoms with Crippen LogP contribution in [0.15, 0.2) is 72.6 Å². The highest BCUT2D eigenvalue weighted by atomic mass is 32.1. The molecule has 0 saturated heterocycles. The molecule has 0 atom stereocenters. The van der Waals surface area contributed by atoms with Gasteiger partial charge >= 0.3 is 0 Å². The summed E-state index contributed by atoms with van der Waals surface area (Å²) in [4.78, 5) is 18.1. The molecule has 0 unspecified atom stereocenters. The molecule has 1 aliphatic rings. The van der Waals surface area contributed by atoms with Crippen molar-refractivity contribution in [3.63, 3.8) is 0 Å². The molecule has 0 aliphatic heterocycles. The number of nitrogens with one attached hydrogen (secondary N) is 1. The van der Waals surface area contributed by atoms with Crippen LogP contribution in [0, 0.1) is 0 Å². The molecule has 25 heavy (non-hydrogen) atoms. The molecule has 2 aromatic rings. The van der Waals surface area contributed by atoms with Gasteiger partial charge in [0.15, 0.2) is 0 Å². The van der Waals surface area contributed by atoms with Gasteiger partial charge in [0.2, 0.25) is 0 Å². The van der Waals surface area contributed by atoms with E-state index in [4.69, 9.17) is 0 Å². The molecule has 3 rings (SSSR count). The highest BCUT2D eigenvalue weighted by Gasteiger charge is 2.10. The van der Waals surface area contributed by atoms with Crippen LogP contribution in [0.2, 0.25) is 0 Å². The number of nitrogens with zero attached hydrogens (tertiary/aromatic N) is 1. The molecule has 1 amide bonds. The third-order valence-corrected chi connectivity index (χ3v) is 4.73. The van der Waals surface area contributed by atoms with Crippen LogP contribution in [0.25, 0.3) is 10.4 Å². The molecule has 0 fully saturated rings. The summed E-state index contributed by atoms with van der Waals surface area (Å²) in [5, 5.41) is 3.00. The van der Waals surface area contributed by atoms with Gasteiger partial charge in [0.1, 0.15) is 0 Å². The second-order valence-electron chi connectivity index (χ2n) is 5.25. The number of thiophene rings is 1. The van der Waals surface area contributed by atoms with Crippen molar-refractivity contribution in [2.45, 2.75) is 26.7 Å². The predicted molar refractivity (Wildman–Crippen MR) is 107 cm³/mol. The average Bonchev–Trinajstić information content (AvgIpc) is 3.03. The Morgan fingerprint density at radius 1 is 1.12 bits per heavy atom. The van der Waals surface area contributed by atoms with E-state index in [1.807, 2.05) is 56.3 Å². The van der Waals surface area contributed by atoms with Crippen LogP contribution in [0.4, 0.5) is 0 Å². The van der Waals surface area contributed by atoms with Crippen molar-refractivity contribution in [1.29, 1.82) is 0 Å². The van der Waals surface area contributed by atoms with Crippen molar-refractivity contribution >= 4 is 17.2 Å². The van der Waals surface area contributed by atoms with E-state index in [0.29, 0.717) is 6.54 Å². The van der Waals surface area contributed by atoms with Crippen molar-refractivity contribution < 1.29 is 4.79 Å². The summed E-state index contributed by atoms with van der Waals surface area (Å²) in [6, 6.07) is 7.77. The van der Waals surface area contributed by atoms with E-state index in [0.717, 1.165) is 28.2 Å². The lowest BCUT2D eigenvalue weighted by Crippen LogP contribution is -2.23. The lowest BCUT2D eigenvalue weighted by atomic mass is 10.1. The first-order valence-electron chi connectivity index (χ1n) is 8.62. The van der Waals surface area contributed by atoms with Gasteiger partial charge in [-0.2, -0.15) is 0 Å². The number of rotatable bonds is 5. The molecule has 0 radical (unpaired) electrons. The first kappa shape index (κ1) is 18.9. The van der Waals surface area contributed by atoms with E-state index in [2.05, 4.69) is 22.5 Å². The number of aromatic nitrogens is 1. The molecule has 0 spiro atoms. The molecule has 2 heterocycles. The molecule has 1 aliphatic carbocycles. The molecule has 0 saturated carbocycles. The third-order valence-electron chi connectivity index (χ3n) is 3.60. The number of hydrogen-bond acceptors (Lipinski definition) is 3. The van der Waals surface area contributed by atoms with Gasteiger partial charge in [-0.05, 0) is 42.7 Å². The summed E-state index contributed by atoms with van der Waals surface area (Å²) >= 11 is 1.51. The van der Waals surface area contributed by atoms with Crippen LogP contribution in [-0.2, 0) is 0 Å². The number of hydrogen-bond donors (Lipinski definition) is 1. The maximum absolute atomic E-state index is 12.2. The third kappa shape index (κ3) is 5.84. The highest BCUT2D eigenvalue weighted by Crippen LogP contribution is 2.27. The smallest absolute Gasteiger partial charge is 0.261 e. The Morgan fingerprint density at radius 3 is 2.72 bits per heavy atom. The molecule has 0 bridgehead atoms. The van der Waals surface area contributed by atoms with E-state index in [1.54, 1.807) is 12.4 Å². The summed E-state index contributed by atoms with van der Waals surface area (Å²) < 4.78 is 0. The van der Waals surface area contributed by atoms with Gasteiger partial charge in [-0.3, -0.25) is 9.78 Å². The fraction of sp³-hybridized carbons (Fsp3) is 0.238. The maximum Gasteiger partial charge on any atom is 0.261 e. The van der Waals surface area contributed by atoms with Crippen LogP contribution < -0.4 is 5.32 Å². The average molecular weight is 353 g/mol. The largest absolute Gasteiger partial charge is 0.351 e. The van der Waals surface area contributed by atoms with E-state index in [-0.39, 0.29) is 5.91 Å². The second-order valence-corrected chi connectivity index (χ2v) is 6.33. The molecule has 0 aromatic carbocycles. The SMILES string of the molecule is CC.O=C(NCCC1=CC=CC=CC1)c1ccc(-c2ccncc2)s1. The number of pyridine rings is 1. The molecule has 3 nitrogen and oxygen atoms in total. The summed E-state index contributed by atoms with van der Waals surface area (Å²) in [5.41, 5.74) is 2.42. The minimum atomic E-state index is -0.00406. The van der Waals surface area contributed by atoms with Crippen molar-refractivity contribution in [1.82, 2.24) is 10.3 Å². The van der Waals surface area contributed by atoms with Gasteiger partial charge in [0.25, 0.3) is 5.91 Å². The fourth-order valence-corrected chi connectivity index (χ4v) is 3.29. The monoisotopic (exact) mass is 352 g/mol. The Hall–Kier alpha value is -2.46. The topological polar surface area (TPSA) is 42.0 Å². The zero-order valence-corrected chi connectivity index (χ0v) is 15.6. The lowest BCUT2D eigenvalue weighted by Gasteiger charge is -2.05. The van der Waals surface area contributed by atoms with Crippen molar-refractivity contribution in [3.05, 3.63) is 77.5 Å². The summed E-state index contributed by atoms with van der Waals surface area (Å²) in [6.45, 7) is 4.66. The van der Waals surface area contributed by atoms with Crippen LogP contribution in [0.3, 0.4) is 0 Å². The Balaban J connectivity index is 0.00000109. The summed E-state index contributed by atoms with van der Waals surface area (Å²) in [5.74, 6) is -0.00406. The Morgan fingerprint density at radius 2 is 1.92 bits per heavy atom. The number of allylic oxidation sites excluding steroid dienone is 5. The standard InChI is InChI=1S/C19H18N2OS.C2H6/c22-19(21-14-9-15-5-3-1-2-4-6-15)18-8-7-17(23-18)16-10-12-20-13-11-16;1-2/h1-5,7-8,10-13H,6,9,14H2,(H,21,22);1-2H3. The van der Waals surface area contributed by atoms with E-state index in [1.165, 1.54) is 16.9 Å². The molecule has 2 aromatic heterocycles. The van der Waals surface area contributed by atoms with Crippen LogP contribution in [-0.4, -0.2) is 17.4 Å². The van der Waals surface area contributed by atoms with E-state index in [9.17, 15) is 4.79 Å². The Kier molecular flexibility index (Phi) is 7.86. The quantitative estimate of drug-likeness (QED) is 0.783. The summed E-state index contributed by atoms with van der Waals surface area (Å²) in [7, 11) is 0. The fourth-order valence-electron chi connectivity index (χ4n) is 2.36. The van der Waals surface area contributed by atoms with Gasteiger partial charge < -0.3 is 5.32 Å². The Bertz CT molecular complexity index is 757. The normalized spacial score (nSPS) is 12.6. The van der Waals surface area contributed by atoms with Gasteiger partial charge in [-0.15, -0.1) is 11.3 Å². The van der Waals surface area contributed by atoms with Crippen molar-refractivity contribution in [2.24, 2.45) is 0 Å². The van der Waals surface area contributed by atoms with Gasteiger partial charge in [0.05, 0.1) is 4.88 Å². The molecular weight excluding hydrogens is 328 g/mol. The Labute approximate surface area is 153 Å². The van der Waals surface area contributed by atoms with Crippen LogP contribution in [0.5, 0.6) is 0 Å². The minimum absolute atomic E-state index is 0.00406. The predicted octanol–water partition coefficient (Wildman–Crippen LogP) is 5.40. The van der Waals surface area contributed by atoms with Gasteiger partial charge in [-0.1, -0.05) is 49.8 Å². The first-order valence-corrected chi connectivity index (χ1v) is 9.44. The number of amides is 1. The molecule has 1 N–H and O–H groups in total. The van der Waals surface area contributed by atoms with Crippen LogP contribution >= 0.6 is 11.3 Å². The number of carbonyl (C=O) groups is 1. The minimum Gasteiger partial charge on any atom is -0.351 e. The maximum atomic E-state index is 12.2. The van der Waals surface area contributed by atoms with E-state index < -0.39 is 0 Å². The molecule has 130 valence electrons. The van der Waals surface area contributed by atoms with Gasteiger partial charge in [-0.25, -0.2) is 0 Å². The van der Waals surface area contributed by atoms with Crippen LogP contribution in [0.1, 0.15) is 36.4 Å². The highest BCUT2D eigenvalue weighted by molar-refractivity contribution is 7.17. The second kappa shape index (κ2) is 10.4.